The van der Waals surface area contributed by atoms with Gasteiger partial charge in [-0.3, -0.25) is 19.7 Å². The van der Waals surface area contributed by atoms with Crippen LogP contribution in [0.3, 0.4) is 0 Å². The monoisotopic (exact) mass is 500 g/mol. The Balaban J connectivity index is 0. The molecule has 1 saturated heterocycles. The van der Waals surface area contributed by atoms with Crippen molar-refractivity contribution < 1.29 is 29.4 Å². The topological polar surface area (TPSA) is 133 Å². The van der Waals surface area contributed by atoms with Gasteiger partial charge >= 0.3 is 18.0 Å². The Hall–Kier alpha value is -2.12. The number of imide groups is 1. The van der Waals surface area contributed by atoms with Crippen molar-refractivity contribution in [3.8, 4) is 0 Å². The summed E-state index contributed by atoms with van der Waals surface area (Å²) in [5, 5.41) is 21.1. The van der Waals surface area contributed by atoms with Gasteiger partial charge in [0.1, 0.15) is 0 Å². The molecule has 1 fully saturated rings. The lowest BCUT2D eigenvalue weighted by atomic mass is 10.1. The van der Waals surface area contributed by atoms with Crippen molar-refractivity contribution in [1.82, 2.24) is 10.6 Å². The molecule has 0 radical (unpaired) electrons. The smallest absolute Gasteiger partial charge is 0.321 e. The maximum absolute atomic E-state index is 10.2. The number of carbonyl (C=O) groups excluding carboxylic acids is 2. The fourth-order valence-corrected chi connectivity index (χ4v) is 3.55. The molecule has 0 bridgehead atoms. The third-order valence-corrected chi connectivity index (χ3v) is 5.65. The average molecular weight is 501 g/mol. The molecule has 1 aliphatic rings. The van der Waals surface area contributed by atoms with Crippen molar-refractivity contribution in [2.45, 2.75) is 142 Å². The summed E-state index contributed by atoms with van der Waals surface area (Å²) >= 11 is 0. The highest BCUT2D eigenvalue weighted by atomic mass is 16.4. The Bertz CT molecular complexity index is 494. The minimum atomic E-state index is -0.659. The van der Waals surface area contributed by atoms with Gasteiger partial charge in [0.2, 0.25) is 5.91 Å². The number of hydrogen-bond acceptors (Lipinski definition) is 4. The summed E-state index contributed by atoms with van der Waals surface area (Å²) in [6.07, 6.45) is 23.0. The number of rotatable bonds is 20. The molecule has 1 rings (SSSR count). The van der Waals surface area contributed by atoms with Crippen molar-refractivity contribution >= 4 is 23.9 Å². The number of hydrogen-bond donors (Lipinski definition) is 4. The van der Waals surface area contributed by atoms with E-state index in [0.717, 1.165) is 25.7 Å². The molecule has 0 saturated carbocycles. The van der Waals surface area contributed by atoms with Gasteiger partial charge in [0.15, 0.2) is 0 Å². The molecule has 0 atom stereocenters. The summed E-state index contributed by atoms with van der Waals surface area (Å²) in [5.74, 6) is -1.58. The zero-order valence-electron chi connectivity index (χ0n) is 22.4. The van der Waals surface area contributed by atoms with Crippen molar-refractivity contribution in [1.29, 1.82) is 0 Å². The Morgan fingerprint density at radius 2 is 0.914 bits per heavy atom. The Morgan fingerprint density at radius 1 is 0.600 bits per heavy atom. The van der Waals surface area contributed by atoms with Gasteiger partial charge in [-0.2, -0.15) is 0 Å². The molecule has 0 aromatic carbocycles. The molecule has 0 aromatic heterocycles. The van der Waals surface area contributed by atoms with E-state index in [-0.39, 0.29) is 12.5 Å². The highest BCUT2D eigenvalue weighted by Gasteiger charge is 2.14. The van der Waals surface area contributed by atoms with Crippen molar-refractivity contribution in [2.24, 2.45) is 0 Å². The number of carboxylic acids is 2. The summed E-state index contributed by atoms with van der Waals surface area (Å²) in [6, 6.07) is -0.398. The molecule has 1 aliphatic heterocycles. The number of urea groups is 1. The lowest BCUT2D eigenvalue weighted by Gasteiger charge is -2.00. The molecular formula is C27H52N2O6. The van der Waals surface area contributed by atoms with E-state index in [2.05, 4.69) is 19.2 Å². The molecule has 206 valence electrons. The standard InChI is InChI=1S/2C12H24O2.C3H4N2O2/c2*1-2-3-4-5-6-7-8-9-10-11-12(13)14;6-2-1-4-3(7)5-2/h2*2-11H2,1H3,(H,13,14);1H2,(H2,4,5,6,7). The molecule has 35 heavy (non-hydrogen) atoms. The van der Waals surface area contributed by atoms with Gasteiger partial charge < -0.3 is 15.5 Å². The quantitative estimate of drug-likeness (QED) is 0.107. The maximum Gasteiger partial charge on any atom is 0.321 e. The maximum atomic E-state index is 10.2. The molecular weight excluding hydrogens is 448 g/mol. The van der Waals surface area contributed by atoms with Crippen LogP contribution in [0.2, 0.25) is 0 Å². The van der Waals surface area contributed by atoms with Crippen LogP contribution in [-0.4, -0.2) is 40.6 Å². The fourth-order valence-electron chi connectivity index (χ4n) is 3.55. The van der Waals surface area contributed by atoms with Crippen LogP contribution in [0.4, 0.5) is 4.79 Å². The number of carbonyl (C=O) groups is 4. The van der Waals surface area contributed by atoms with E-state index in [1.54, 1.807) is 0 Å². The molecule has 0 unspecified atom stereocenters. The van der Waals surface area contributed by atoms with E-state index >= 15 is 0 Å². The molecule has 8 nitrogen and oxygen atoms in total. The number of nitrogens with one attached hydrogen (secondary N) is 2. The van der Waals surface area contributed by atoms with Gasteiger partial charge in [-0.15, -0.1) is 0 Å². The SMILES string of the molecule is CCCCCCCCCCCC(=O)O.CCCCCCCCCCCC(=O)O.O=C1CNC(=O)N1. The lowest BCUT2D eigenvalue weighted by molar-refractivity contribution is -0.138. The first-order valence-corrected chi connectivity index (χ1v) is 13.8. The van der Waals surface area contributed by atoms with Crippen LogP contribution in [-0.2, 0) is 14.4 Å². The second kappa shape index (κ2) is 28.1. The summed E-state index contributed by atoms with van der Waals surface area (Å²) in [6.45, 7) is 4.58. The Kier molecular flexibility index (Phi) is 28.2. The van der Waals surface area contributed by atoms with E-state index in [4.69, 9.17) is 10.2 Å². The summed E-state index contributed by atoms with van der Waals surface area (Å²) < 4.78 is 0. The first-order valence-electron chi connectivity index (χ1n) is 13.8. The van der Waals surface area contributed by atoms with E-state index in [0.29, 0.717) is 12.8 Å². The highest BCUT2D eigenvalue weighted by Crippen LogP contribution is 2.11. The van der Waals surface area contributed by atoms with Gasteiger partial charge in [0.25, 0.3) is 0 Å². The van der Waals surface area contributed by atoms with Crippen LogP contribution in [0.1, 0.15) is 142 Å². The van der Waals surface area contributed by atoms with Crippen LogP contribution in [0, 0.1) is 0 Å². The van der Waals surface area contributed by atoms with E-state index in [1.165, 1.54) is 89.9 Å². The van der Waals surface area contributed by atoms with Crippen LogP contribution in [0.5, 0.6) is 0 Å². The number of aliphatic carboxylic acids is 2. The van der Waals surface area contributed by atoms with E-state index in [9.17, 15) is 19.2 Å². The highest BCUT2D eigenvalue weighted by molar-refractivity contribution is 6.01. The summed E-state index contributed by atoms with van der Waals surface area (Å²) in [7, 11) is 0. The van der Waals surface area contributed by atoms with Crippen molar-refractivity contribution in [2.75, 3.05) is 6.54 Å². The van der Waals surface area contributed by atoms with Gasteiger partial charge in [0, 0.05) is 12.8 Å². The molecule has 0 aromatic rings. The van der Waals surface area contributed by atoms with Gasteiger partial charge in [-0.25, -0.2) is 4.79 Å². The number of unbranched alkanes of at least 4 members (excludes halogenated alkanes) is 16. The summed E-state index contributed by atoms with van der Waals surface area (Å²) in [4.78, 5) is 40.5. The fraction of sp³-hybridized carbons (Fsp3) is 0.852. The van der Waals surface area contributed by atoms with E-state index in [1.807, 2.05) is 5.32 Å². The number of amides is 3. The molecule has 0 aliphatic carbocycles. The Labute approximate surface area is 213 Å². The van der Waals surface area contributed by atoms with Crippen LogP contribution < -0.4 is 10.6 Å². The van der Waals surface area contributed by atoms with Crippen molar-refractivity contribution in [3.05, 3.63) is 0 Å². The lowest BCUT2D eigenvalue weighted by Crippen LogP contribution is -2.22. The average Bonchev–Trinajstić information content (AvgIpc) is 3.19. The zero-order valence-corrected chi connectivity index (χ0v) is 22.4. The molecule has 0 spiro atoms. The summed E-state index contributed by atoms with van der Waals surface area (Å²) in [5.41, 5.74) is 0. The molecule has 1 heterocycles. The predicted octanol–water partition coefficient (Wildman–Crippen LogP) is 6.81. The van der Waals surface area contributed by atoms with Gasteiger partial charge in [-0.1, -0.05) is 117 Å². The molecule has 4 N–H and O–H groups in total. The minimum absolute atomic E-state index is 0.124. The minimum Gasteiger partial charge on any atom is -0.481 e. The predicted molar refractivity (Wildman–Crippen MR) is 141 cm³/mol. The second-order valence-electron chi connectivity index (χ2n) is 9.18. The number of carboxylic acid groups (broad SMARTS) is 2. The normalized spacial score (nSPS) is 12.1. The zero-order chi connectivity index (χ0) is 26.6. The van der Waals surface area contributed by atoms with Gasteiger partial charge in [0.05, 0.1) is 6.54 Å². The molecule has 3 amide bonds. The van der Waals surface area contributed by atoms with Crippen LogP contribution in [0.25, 0.3) is 0 Å². The van der Waals surface area contributed by atoms with Crippen LogP contribution >= 0.6 is 0 Å². The molecule has 8 heteroatoms. The van der Waals surface area contributed by atoms with E-state index < -0.39 is 18.0 Å². The first-order chi connectivity index (χ1) is 16.8. The Morgan fingerprint density at radius 3 is 1.11 bits per heavy atom. The van der Waals surface area contributed by atoms with Crippen molar-refractivity contribution in [3.63, 3.8) is 0 Å². The third-order valence-electron chi connectivity index (χ3n) is 5.65. The second-order valence-corrected chi connectivity index (χ2v) is 9.18. The van der Waals surface area contributed by atoms with Crippen LogP contribution in [0.15, 0.2) is 0 Å². The first kappa shape index (κ1) is 35.0. The third kappa shape index (κ3) is 34.1. The largest absolute Gasteiger partial charge is 0.481 e. The van der Waals surface area contributed by atoms with Gasteiger partial charge in [-0.05, 0) is 12.8 Å².